The summed E-state index contributed by atoms with van der Waals surface area (Å²) in [5, 5.41) is 11.1. The number of hydrazine groups is 1. The lowest BCUT2D eigenvalue weighted by Crippen LogP contribution is -2.48. The Balaban J connectivity index is 1.54. The molecule has 0 atom stereocenters. The molecule has 2 aromatic carbocycles. The van der Waals surface area contributed by atoms with Gasteiger partial charge in [0.05, 0.1) is 0 Å². The fraction of sp³-hybridized carbons (Fsp3) is 0.0526. The van der Waals surface area contributed by atoms with Crippen LogP contribution in [0.15, 0.2) is 54.6 Å². The molecule has 2 amide bonds. The van der Waals surface area contributed by atoms with Gasteiger partial charge in [-0.1, -0.05) is 42.5 Å². The monoisotopic (exact) mass is 379 g/mol. The maximum Gasteiger partial charge on any atom is 0.290 e. The van der Waals surface area contributed by atoms with Crippen molar-refractivity contribution in [2.45, 2.75) is 6.92 Å². The quantitative estimate of drug-likeness (QED) is 0.318. The van der Waals surface area contributed by atoms with Gasteiger partial charge in [-0.3, -0.25) is 30.9 Å². The van der Waals surface area contributed by atoms with Crippen LogP contribution >= 0.6 is 12.2 Å². The third-order valence-electron chi connectivity index (χ3n) is 3.70. The average molecular weight is 379 g/mol. The van der Waals surface area contributed by atoms with Gasteiger partial charge in [0.15, 0.2) is 10.8 Å². The molecule has 136 valence electrons. The summed E-state index contributed by atoms with van der Waals surface area (Å²) in [4.78, 5) is 23.9. The zero-order chi connectivity index (χ0) is 19.2. The van der Waals surface area contributed by atoms with Crippen LogP contribution in [0.2, 0.25) is 0 Å². The van der Waals surface area contributed by atoms with E-state index in [9.17, 15) is 9.59 Å². The Hall–Kier alpha value is -3.52. The number of aromatic nitrogens is 2. The highest BCUT2D eigenvalue weighted by Gasteiger charge is 2.09. The molecule has 0 fully saturated rings. The summed E-state index contributed by atoms with van der Waals surface area (Å²) in [5.41, 5.74) is 6.72. The van der Waals surface area contributed by atoms with Crippen LogP contribution in [0.3, 0.4) is 0 Å². The number of benzene rings is 2. The first-order valence-corrected chi connectivity index (χ1v) is 8.53. The van der Waals surface area contributed by atoms with Gasteiger partial charge in [0, 0.05) is 11.8 Å². The molecule has 4 N–H and O–H groups in total. The van der Waals surface area contributed by atoms with Crippen molar-refractivity contribution in [1.29, 1.82) is 0 Å². The first-order chi connectivity index (χ1) is 13.0. The molecule has 8 heteroatoms. The maximum absolute atomic E-state index is 12.0. The number of hydrogen-bond donors (Lipinski definition) is 4. The largest absolute Gasteiger partial charge is 0.298 e. The molecule has 27 heavy (non-hydrogen) atoms. The van der Waals surface area contributed by atoms with Crippen LogP contribution in [0, 0.1) is 6.92 Å². The van der Waals surface area contributed by atoms with E-state index in [1.54, 1.807) is 19.1 Å². The summed E-state index contributed by atoms with van der Waals surface area (Å²) in [6.45, 7) is 1.78. The first-order valence-electron chi connectivity index (χ1n) is 8.12. The van der Waals surface area contributed by atoms with Crippen molar-refractivity contribution in [3.05, 3.63) is 71.6 Å². The number of aromatic amines is 1. The molecule has 1 heterocycles. The summed E-state index contributed by atoms with van der Waals surface area (Å²) >= 11 is 4.99. The first kappa shape index (κ1) is 18.3. The second-order valence-corrected chi connectivity index (χ2v) is 6.14. The van der Waals surface area contributed by atoms with Gasteiger partial charge in [0.25, 0.3) is 5.91 Å². The van der Waals surface area contributed by atoms with Gasteiger partial charge in [-0.05, 0) is 47.6 Å². The second kappa shape index (κ2) is 8.24. The lowest BCUT2D eigenvalue weighted by atomic mass is 10.0. The van der Waals surface area contributed by atoms with Gasteiger partial charge in [-0.25, -0.2) is 0 Å². The van der Waals surface area contributed by atoms with E-state index in [-0.39, 0.29) is 10.8 Å². The molecule has 3 rings (SSSR count). The lowest BCUT2D eigenvalue weighted by Gasteiger charge is -2.08. The van der Waals surface area contributed by atoms with Gasteiger partial charge in [-0.15, -0.1) is 0 Å². The Kier molecular flexibility index (Phi) is 5.58. The standard InChI is InChI=1S/C19H17N5O2S/c1-12-11-16(22-21-12)18(26)23-24-19(27)20-17(25)10-9-14-7-4-6-13-5-2-3-8-15(13)14/h2-11H,1H3,(H,21,22)(H,23,26)(H2,20,24,25,27)/b10-9+. The second-order valence-electron chi connectivity index (χ2n) is 5.74. The summed E-state index contributed by atoms with van der Waals surface area (Å²) in [6, 6.07) is 15.4. The molecule has 0 unspecified atom stereocenters. The van der Waals surface area contributed by atoms with Crippen LogP contribution in [-0.4, -0.2) is 27.1 Å². The van der Waals surface area contributed by atoms with E-state index in [0.29, 0.717) is 0 Å². The minimum Gasteiger partial charge on any atom is -0.298 e. The summed E-state index contributed by atoms with van der Waals surface area (Å²) in [7, 11) is 0. The molecular weight excluding hydrogens is 362 g/mol. The number of H-pyrrole nitrogens is 1. The minimum atomic E-state index is -0.470. The van der Waals surface area contributed by atoms with Crippen LogP contribution < -0.4 is 16.2 Å². The van der Waals surface area contributed by atoms with Crippen LogP contribution in [-0.2, 0) is 4.79 Å². The van der Waals surface area contributed by atoms with Crippen molar-refractivity contribution < 1.29 is 9.59 Å². The van der Waals surface area contributed by atoms with E-state index in [2.05, 4.69) is 26.4 Å². The van der Waals surface area contributed by atoms with Crippen LogP contribution in [0.25, 0.3) is 16.8 Å². The SMILES string of the molecule is Cc1cc(C(=O)NNC(=S)NC(=O)/C=C/c2cccc3ccccc23)n[nH]1. The number of thiocarbonyl (C=S) groups is 1. The fourth-order valence-corrected chi connectivity index (χ4v) is 2.61. The number of nitrogens with one attached hydrogen (secondary N) is 4. The van der Waals surface area contributed by atoms with Crippen molar-refractivity contribution in [3.63, 3.8) is 0 Å². The lowest BCUT2D eigenvalue weighted by molar-refractivity contribution is -0.115. The van der Waals surface area contributed by atoms with Gasteiger partial charge in [0.1, 0.15) is 0 Å². The Morgan fingerprint density at radius 1 is 1.11 bits per heavy atom. The normalized spacial score (nSPS) is 10.7. The van der Waals surface area contributed by atoms with Crippen molar-refractivity contribution in [3.8, 4) is 0 Å². The number of hydrogen-bond acceptors (Lipinski definition) is 4. The third-order valence-corrected chi connectivity index (χ3v) is 3.91. The molecular formula is C19H17N5O2S. The van der Waals surface area contributed by atoms with Gasteiger partial charge in [-0.2, -0.15) is 5.10 Å². The number of fused-ring (bicyclic) bond motifs is 1. The number of nitrogens with zero attached hydrogens (tertiary/aromatic N) is 1. The predicted molar refractivity (Wildman–Crippen MR) is 108 cm³/mol. The van der Waals surface area contributed by atoms with Crippen LogP contribution in [0.5, 0.6) is 0 Å². The van der Waals surface area contributed by atoms with Crippen molar-refractivity contribution in [1.82, 2.24) is 26.4 Å². The van der Waals surface area contributed by atoms with Crippen LogP contribution in [0.1, 0.15) is 21.7 Å². The molecule has 1 aromatic heterocycles. The smallest absolute Gasteiger partial charge is 0.290 e. The molecule has 0 spiro atoms. The zero-order valence-corrected chi connectivity index (χ0v) is 15.3. The summed E-state index contributed by atoms with van der Waals surface area (Å²) in [6.07, 6.45) is 3.10. The summed E-state index contributed by atoms with van der Waals surface area (Å²) < 4.78 is 0. The molecule has 0 aliphatic rings. The number of rotatable bonds is 3. The highest BCUT2D eigenvalue weighted by Crippen LogP contribution is 2.19. The Morgan fingerprint density at radius 3 is 2.67 bits per heavy atom. The summed E-state index contributed by atoms with van der Waals surface area (Å²) in [5.74, 6) is -0.882. The predicted octanol–water partition coefficient (Wildman–Crippen LogP) is 2.22. The maximum atomic E-state index is 12.0. The van der Waals surface area contributed by atoms with E-state index < -0.39 is 11.8 Å². The highest BCUT2D eigenvalue weighted by molar-refractivity contribution is 7.80. The average Bonchev–Trinajstić information content (AvgIpc) is 3.11. The number of carbonyl (C=O) groups excluding carboxylic acids is 2. The van der Waals surface area contributed by atoms with Crippen molar-refractivity contribution in [2.24, 2.45) is 0 Å². The minimum absolute atomic E-state index is 0.0248. The highest BCUT2D eigenvalue weighted by atomic mass is 32.1. The van der Waals surface area contributed by atoms with Gasteiger partial charge >= 0.3 is 0 Å². The van der Waals surface area contributed by atoms with E-state index in [1.807, 2.05) is 42.5 Å². The molecule has 0 saturated carbocycles. The van der Waals surface area contributed by atoms with Crippen molar-refractivity contribution in [2.75, 3.05) is 0 Å². The number of amides is 2. The molecule has 0 radical (unpaired) electrons. The molecule has 0 aliphatic carbocycles. The van der Waals surface area contributed by atoms with Crippen LogP contribution in [0.4, 0.5) is 0 Å². The van der Waals surface area contributed by atoms with E-state index in [1.165, 1.54) is 6.08 Å². The molecule has 0 saturated heterocycles. The third kappa shape index (κ3) is 4.77. The number of carbonyl (C=O) groups is 2. The molecule has 0 aliphatic heterocycles. The zero-order valence-electron chi connectivity index (χ0n) is 14.4. The van der Waals surface area contributed by atoms with E-state index in [4.69, 9.17) is 12.2 Å². The Labute approximate surface area is 160 Å². The topological polar surface area (TPSA) is 98.9 Å². The van der Waals surface area contributed by atoms with E-state index in [0.717, 1.165) is 22.0 Å². The van der Waals surface area contributed by atoms with Gasteiger partial charge in [0.2, 0.25) is 5.91 Å². The number of aryl methyl sites for hydroxylation is 1. The Morgan fingerprint density at radius 2 is 1.89 bits per heavy atom. The molecule has 7 nitrogen and oxygen atoms in total. The van der Waals surface area contributed by atoms with E-state index >= 15 is 0 Å². The Bertz CT molecular complexity index is 1040. The fourth-order valence-electron chi connectivity index (χ4n) is 2.46. The van der Waals surface area contributed by atoms with Crippen molar-refractivity contribution >= 4 is 46.0 Å². The molecule has 3 aromatic rings. The molecule has 0 bridgehead atoms. The van der Waals surface area contributed by atoms with Gasteiger partial charge < -0.3 is 0 Å².